The van der Waals surface area contributed by atoms with Crippen LogP contribution in [0.5, 0.6) is 0 Å². The number of carbonyl (C=O) groups excluding carboxylic acids is 1. The molecule has 0 aliphatic heterocycles. The lowest BCUT2D eigenvalue weighted by molar-refractivity contribution is -0.115. The van der Waals surface area contributed by atoms with Crippen molar-refractivity contribution in [3.63, 3.8) is 0 Å². The van der Waals surface area contributed by atoms with E-state index < -0.39 is 0 Å². The van der Waals surface area contributed by atoms with Crippen LogP contribution in [0.4, 0.5) is 0 Å². The Kier molecular flexibility index (Phi) is 11.7. The highest BCUT2D eigenvalue weighted by Crippen LogP contribution is 2.41. The third-order valence-corrected chi connectivity index (χ3v) is 11.5. The van der Waals surface area contributed by atoms with Gasteiger partial charge in [-0.1, -0.05) is 121 Å². The summed E-state index contributed by atoms with van der Waals surface area (Å²) in [5.41, 5.74) is 21.1. The molecule has 4 heteroatoms. The van der Waals surface area contributed by atoms with Gasteiger partial charge >= 0.3 is 0 Å². The number of pyridine rings is 2. The number of aryl methyl sites for hydroxylation is 5. The molecule has 6 aromatic carbocycles. The minimum atomic E-state index is -0.0502. The van der Waals surface area contributed by atoms with E-state index in [2.05, 4.69) is 172 Å². The molecule has 0 aliphatic carbocycles. The van der Waals surface area contributed by atoms with E-state index in [0.717, 1.165) is 95.1 Å². The van der Waals surface area contributed by atoms with Crippen molar-refractivity contribution in [2.24, 2.45) is 0 Å². The van der Waals surface area contributed by atoms with Gasteiger partial charge in [0.05, 0.1) is 17.1 Å². The number of Topliss-reactive ketones (excluding diaryl/α,β-unsaturated/α-hetero) is 1. The van der Waals surface area contributed by atoms with Crippen LogP contribution in [0, 0.1) is 27.7 Å². The van der Waals surface area contributed by atoms with Crippen LogP contribution >= 0.6 is 0 Å². The molecule has 8 rings (SSSR count). The predicted molar refractivity (Wildman–Crippen MR) is 253 cm³/mol. The largest absolute Gasteiger partial charge is 0.512 e. The molecular weight excluding hydrogens is 745 g/mol. The minimum absolute atomic E-state index is 0.0502. The topological polar surface area (TPSA) is 63.1 Å². The van der Waals surface area contributed by atoms with Crippen molar-refractivity contribution in [1.82, 2.24) is 9.97 Å². The molecule has 2 heterocycles. The first kappa shape index (κ1) is 40.6. The Balaban J connectivity index is 1.25. The second kappa shape index (κ2) is 17.6. The van der Waals surface area contributed by atoms with Gasteiger partial charge in [-0.15, -0.1) is 0 Å². The Morgan fingerprint density at radius 2 is 0.803 bits per heavy atom. The van der Waals surface area contributed by atoms with E-state index >= 15 is 0 Å². The van der Waals surface area contributed by atoms with Crippen LogP contribution in [0.2, 0.25) is 0 Å². The van der Waals surface area contributed by atoms with Gasteiger partial charge in [0, 0.05) is 34.5 Å². The zero-order valence-corrected chi connectivity index (χ0v) is 35.8. The summed E-state index contributed by atoms with van der Waals surface area (Å²) >= 11 is 0. The van der Waals surface area contributed by atoms with Crippen molar-refractivity contribution in [3.05, 3.63) is 203 Å². The molecule has 0 bridgehead atoms. The maximum absolute atomic E-state index is 13.1. The highest BCUT2D eigenvalue weighted by Gasteiger charge is 2.17. The van der Waals surface area contributed by atoms with E-state index in [1.165, 1.54) is 11.1 Å². The zero-order chi connectivity index (χ0) is 42.6. The fourth-order valence-electron chi connectivity index (χ4n) is 8.34. The van der Waals surface area contributed by atoms with Crippen LogP contribution in [0.1, 0.15) is 48.3 Å². The molecule has 1 N–H and O–H groups in total. The van der Waals surface area contributed by atoms with Gasteiger partial charge in [0.2, 0.25) is 0 Å². The minimum Gasteiger partial charge on any atom is -0.512 e. The van der Waals surface area contributed by atoms with Crippen LogP contribution in [0.25, 0.3) is 78.1 Å². The van der Waals surface area contributed by atoms with Crippen molar-refractivity contribution in [1.29, 1.82) is 0 Å². The number of hydrogen-bond donors (Lipinski definition) is 1. The summed E-state index contributed by atoms with van der Waals surface area (Å²) in [6.45, 7) is 11.6. The molecule has 8 aromatic rings. The predicted octanol–water partition coefficient (Wildman–Crippen LogP) is 14.7. The summed E-state index contributed by atoms with van der Waals surface area (Å²) in [5, 5.41) is 10.0. The standard InChI is InChI=1S/C57H50N2O2/c1-36-29-38(3)58-55(31-36)45-23-19-43(20-24-45)51-15-9-11-17-53(51)48-33-47(50-14-8-7-13-42(50)27-28-57(61)40(5)41(6)60)34-49(35-48)54-18-12-10-16-52(54)44-21-25-46(26-22-44)56-32-37(2)30-39(4)59-56/h7-26,29-35,60H,27-28H2,1-6H3. The summed E-state index contributed by atoms with van der Waals surface area (Å²) < 4.78 is 0. The van der Waals surface area contributed by atoms with Crippen molar-refractivity contribution in [2.45, 2.75) is 54.4 Å². The molecule has 0 aliphatic rings. The fraction of sp³-hybridized carbons (Fsp3) is 0.140. The number of aliphatic hydroxyl groups is 1. The van der Waals surface area contributed by atoms with Gasteiger partial charge in [-0.3, -0.25) is 14.8 Å². The lowest BCUT2D eigenvalue weighted by Crippen LogP contribution is -2.04. The lowest BCUT2D eigenvalue weighted by Gasteiger charge is -2.18. The molecule has 0 fully saturated rings. The first-order chi connectivity index (χ1) is 29.5. The van der Waals surface area contributed by atoms with E-state index in [0.29, 0.717) is 18.4 Å². The van der Waals surface area contributed by atoms with Crippen LogP contribution in [0.3, 0.4) is 0 Å². The van der Waals surface area contributed by atoms with E-state index in [9.17, 15) is 9.90 Å². The third kappa shape index (κ3) is 9.05. The lowest BCUT2D eigenvalue weighted by atomic mass is 9.86. The van der Waals surface area contributed by atoms with E-state index in [-0.39, 0.29) is 11.5 Å². The second-order valence-electron chi connectivity index (χ2n) is 16.2. The molecule has 4 nitrogen and oxygen atoms in total. The Bertz CT molecular complexity index is 2740. The maximum atomic E-state index is 13.1. The molecule has 0 atom stereocenters. The molecule has 300 valence electrons. The first-order valence-electron chi connectivity index (χ1n) is 20.9. The number of hydrogen-bond acceptors (Lipinski definition) is 4. The molecule has 2 aromatic heterocycles. The number of carbonyl (C=O) groups is 1. The van der Waals surface area contributed by atoms with Gasteiger partial charge < -0.3 is 5.11 Å². The molecule has 0 amide bonds. The van der Waals surface area contributed by atoms with Gasteiger partial charge in [0.1, 0.15) is 0 Å². The average molecular weight is 795 g/mol. The van der Waals surface area contributed by atoms with Gasteiger partial charge in [-0.2, -0.15) is 0 Å². The number of benzene rings is 6. The summed E-state index contributed by atoms with van der Waals surface area (Å²) in [6.07, 6.45) is 0.857. The van der Waals surface area contributed by atoms with Gasteiger partial charge in [0.25, 0.3) is 0 Å². The Hall–Kier alpha value is -7.17. The van der Waals surface area contributed by atoms with Crippen LogP contribution in [-0.2, 0) is 11.2 Å². The number of aromatic nitrogens is 2. The molecule has 0 saturated heterocycles. The number of rotatable bonds is 11. The molecule has 0 radical (unpaired) electrons. The highest BCUT2D eigenvalue weighted by molar-refractivity contribution is 5.96. The van der Waals surface area contributed by atoms with Crippen molar-refractivity contribution in [3.8, 4) is 78.1 Å². The quantitative estimate of drug-likeness (QED) is 0.105. The number of allylic oxidation sites excluding steroid dienone is 2. The van der Waals surface area contributed by atoms with Gasteiger partial charge in [0.15, 0.2) is 5.78 Å². The molecule has 0 unspecified atom stereocenters. The Morgan fingerprint density at radius 1 is 0.443 bits per heavy atom. The smallest absolute Gasteiger partial charge is 0.162 e. The zero-order valence-electron chi connectivity index (χ0n) is 35.8. The maximum Gasteiger partial charge on any atom is 0.162 e. The van der Waals surface area contributed by atoms with Crippen LogP contribution in [-0.4, -0.2) is 20.9 Å². The SMILES string of the molecule is CC(O)=C(C)C(=O)CCc1ccccc1-c1cc(-c2ccccc2-c2ccc(-c3cc(C)cc(C)n3)cc2)cc(-c2ccccc2-c2ccc(-c3cc(C)cc(C)n3)cc2)c1. The number of ketones is 1. The first-order valence-corrected chi connectivity index (χ1v) is 20.9. The summed E-state index contributed by atoms with van der Waals surface area (Å²) in [5.74, 6) is 0.0202. The summed E-state index contributed by atoms with van der Waals surface area (Å²) in [4.78, 5) is 22.7. The summed E-state index contributed by atoms with van der Waals surface area (Å²) in [6, 6.07) is 58.4. The normalized spacial score (nSPS) is 11.6. The highest BCUT2D eigenvalue weighted by atomic mass is 16.3. The molecule has 0 spiro atoms. The van der Waals surface area contributed by atoms with E-state index in [4.69, 9.17) is 9.97 Å². The fourth-order valence-corrected chi connectivity index (χ4v) is 8.34. The Morgan fingerprint density at radius 3 is 1.21 bits per heavy atom. The van der Waals surface area contributed by atoms with Crippen molar-refractivity contribution < 1.29 is 9.90 Å². The van der Waals surface area contributed by atoms with E-state index in [1.54, 1.807) is 13.8 Å². The van der Waals surface area contributed by atoms with Crippen LogP contribution < -0.4 is 0 Å². The monoisotopic (exact) mass is 794 g/mol. The average Bonchev–Trinajstić information content (AvgIpc) is 3.27. The van der Waals surface area contributed by atoms with Crippen LogP contribution in [0.15, 0.2) is 175 Å². The van der Waals surface area contributed by atoms with Gasteiger partial charge in [-0.05, 0) is 163 Å². The molecule has 61 heavy (non-hydrogen) atoms. The van der Waals surface area contributed by atoms with E-state index in [1.807, 2.05) is 19.9 Å². The molecular formula is C57H50N2O2. The second-order valence-corrected chi connectivity index (χ2v) is 16.2. The number of nitrogens with zero attached hydrogens (tertiary/aromatic N) is 2. The van der Waals surface area contributed by atoms with Gasteiger partial charge in [-0.25, -0.2) is 0 Å². The van der Waals surface area contributed by atoms with Crippen molar-refractivity contribution >= 4 is 5.78 Å². The molecule has 0 saturated carbocycles. The van der Waals surface area contributed by atoms with Crippen molar-refractivity contribution in [2.75, 3.05) is 0 Å². The Labute approximate surface area is 360 Å². The third-order valence-electron chi connectivity index (χ3n) is 11.5. The summed E-state index contributed by atoms with van der Waals surface area (Å²) in [7, 11) is 0. The number of aliphatic hydroxyl groups excluding tert-OH is 1.